The number of halogens is 3. The van der Waals surface area contributed by atoms with E-state index in [1.165, 1.54) is 36.7 Å². The summed E-state index contributed by atoms with van der Waals surface area (Å²) >= 11 is 0. The number of oxazole rings is 1. The van der Waals surface area contributed by atoms with Crippen molar-refractivity contribution in [3.8, 4) is 0 Å². The lowest BCUT2D eigenvalue weighted by Crippen LogP contribution is -2.22. The number of benzene rings is 3. The van der Waals surface area contributed by atoms with Gasteiger partial charge in [-0.15, -0.1) is 0 Å². The topological polar surface area (TPSA) is 107 Å². The highest BCUT2D eigenvalue weighted by atomic mass is 32.2. The molecule has 8 nitrogen and oxygen atoms in total. The van der Waals surface area contributed by atoms with Crippen molar-refractivity contribution in [1.29, 1.82) is 0 Å². The van der Waals surface area contributed by atoms with Crippen LogP contribution < -0.4 is 5.32 Å². The van der Waals surface area contributed by atoms with Gasteiger partial charge in [0.1, 0.15) is 5.52 Å². The summed E-state index contributed by atoms with van der Waals surface area (Å²) in [4.78, 5) is 20.9. The average molecular weight is 543 g/mol. The van der Waals surface area contributed by atoms with Crippen molar-refractivity contribution in [2.24, 2.45) is 0 Å². The second-order valence-corrected chi connectivity index (χ2v) is 10.8. The van der Waals surface area contributed by atoms with Crippen LogP contribution in [0.1, 0.15) is 34.2 Å². The van der Waals surface area contributed by atoms with Crippen LogP contribution in [0.15, 0.2) is 76.4 Å². The lowest BCUT2D eigenvalue weighted by molar-refractivity contribution is -0.146. The van der Waals surface area contributed by atoms with Gasteiger partial charge in [-0.25, -0.2) is 18.4 Å². The van der Waals surface area contributed by atoms with Gasteiger partial charge in [-0.1, -0.05) is 31.2 Å². The fraction of sp³-hybridized carbons (Fsp3) is 0.192. The highest BCUT2D eigenvalue weighted by Gasteiger charge is 2.38. The van der Waals surface area contributed by atoms with Crippen LogP contribution in [0, 0.1) is 0 Å². The number of nitrogens with one attached hydrogen (secondary N) is 1. The first-order valence-corrected chi connectivity index (χ1v) is 13.2. The summed E-state index contributed by atoms with van der Waals surface area (Å²) in [5.74, 6) is -1.62. The number of nitrogens with zero attached hydrogens (tertiary/aromatic N) is 3. The standard InChI is InChI=1S/C26H21F3N4O4S/c1-2-38(35,36)19-9-6-16(7-10-19)13-30-24(34)17-8-11-21-20(12-17)32-25(26(27,28)29)33(21)14-18-4-3-5-22-23(18)31-15-37-22/h3-12,15H,2,13-14H2,1H3,(H,30,34). The van der Waals surface area contributed by atoms with E-state index in [-0.39, 0.29) is 40.3 Å². The summed E-state index contributed by atoms with van der Waals surface area (Å²) in [6, 6.07) is 15.3. The largest absolute Gasteiger partial charge is 0.449 e. The first kappa shape index (κ1) is 25.5. The molecular formula is C26H21F3N4O4S. The summed E-state index contributed by atoms with van der Waals surface area (Å²) in [7, 11) is -3.33. The van der Waals surface area contributed by atoms with E-state index in [4.69, 9.17) is 4.42 Å². The maximum atomic E-state index is 13.9. The molecule has 0 radical (unpaired) electrons. The molecule has 2 aromatic heterocycles. The Hall–Kier alpha value is -4.19. The van der Waals surface area contributed by atoms with Gasteiger partial charge >= 0.3 is 6.18 Å². The minimum Gasteiger partial charge on any atom is -0.443 e. The van der Waals surface area contributed by atoms with Crippen molar-refractivity contribution in [3.63, 3.8) is 0 Å². The molecule has 0 spiro atoms. The van der Waals surface area contributed by atoms with E-state index >= 15 is 0 Å². The molecule has 12 heteroatoms. The van der Waals surface area contributed by atoms with Crippen molar-refractivity contribution < 1.29 is 30.8 Å². The lowest BCUT2D eigenvalue weighted by Gasteiger charge is -2.12. The van der Waals surface area contributed by atoms with E-state index in [1.54, 1.807) is 37.3 Å². The molecule has 38 heavy (non-hydrogen) atoms. The quantitative estimate of drug-likeness (QED) is 0.311. The first-order chi connectivity index (χ1) is 18.1. The zero-order chi connectivity index (χ0) is 27.1. The molecule has 5 aromatic rings. The van der Waals surface area contributed by atoms with Gasteiger partial charge in [-0.2, -0.15) is 13.2 Å². The Morgan fingerprint density at radius 3 is 2.55 bits per heavy atom. The molecule has 5 rings (SSSR count). The smallest absolute Gasteiger partial charge is 0.443 e. The molecule has 0 saturated carbocycles. The van der Waals surface area contributed by atoms with Crippen LogP contribution in [-0.2, 0) is 29.1 Å². The van der Waals surface area contributed by atoms with Crippen LogP contribution in [0.3, 0.4) is 0 Å². The Bertz CT molecular complexity index is 1760. The number of sulfone groups is 1. The second-order valence-electron chi connectivity index (χ2n) is 8.57. The number of hydrogen-bond acceptors (Lipinski definition) is 6. The Morgan fingerprint density at radius 1 is 1.08 bits per heavy atom. The maximum absolute atomic E-state index is 13.9. The molecule has 0 aliphatic heterocycles. The summed E-state index contributed by atoms with van der Waals surface area (Å²) in [5, 5.41) is 2.70. The molecule has 3 aromatic carbocycles. The molecule has 0 fully saturated rings. The molecule has 0 unspecified atom stereocenters. The number of hydrogen-bond donors (Lipinski definition) is 1. The van der Waals surface area contributed by atoms with Crippen LogP contribution in [0.2, 0.25) is 0 Å². The molecule has 0 atom stereocenters. The number of carbonyl (C=O) groups excluding carboxylic acids is 1. The number of carbonyl (C=O) groups is 1. The minimum absolute atomic E-state index is 0.0198. The highest BCUT2D eigenvalue weighted by Crippen LogP contribution is 2.33. The van der Waals surface area contributed by atoms with Crippen molar-refractivity contribution in [1.82, 2.24) is 19.9 Å². The van der Waals surface area contributed by atoms with E-state index in [0.29, 0.717) is 22.2 Å². The van der Waals surface area contributed by atoms with Gasteiger partial charge in [0.05, 0.1) is 28.2 Å². The monoisotopic (exact) mass is 542 g/mol. The average Bonchev–Trinajstić information content (AvgIpc) is 3.53. The zero-order valence-corrected chi connectivity index (χ0v) is 20.8. The van der Waals surface area contributed by atoms with Gasteiger partial charge in [-0.05, 0) is 42.0 Å². The Morgan fingerprint density at radius 2 is 1.84 bits per heavy atom. The Balaban J connectivity index is 1.40. The van der Waals surface area contributed by atoms with Crippen LogP contribution >= 0.6 is 0 Å². The molecule has 0 bridgehead atoms. The number of rotatable bonds is 7. The maximum Gasteiger partial charge on any atom is 0.449 e. The van der Waals surface area contributed by atoms with Crippen LogP contribution in [0.5, 0.6) is 0 Å². The third kappa shape index (κ3) is 4.86. The lowest BCUT2D eigenvalue weighted by atomic mass is 10.1. The second kappa shape index (κ2) is 9.60. The molecule has 1 N–H and O–H groups in total. The van der Waals surface area contributed by atoms with E-state index < -0.39 is 27.7 Å². The highest BCUT2D eigenvalue weighted by molar-refractivity contribution is 7.91. The van der Waals surface area contributed by atoms with Crippen molar-refractivity contribution in [3.05, 3.63) is 89.6 Å². The number of alkyl halides is 3. The molecule has 0 saturated heterocycles. The summed E-state index contributed by atoms with van der Waals surface area (Å²) in [5.41, 5.74) is 2.48. The molecule has 0 aliphatic carbocycles. The number of aromatic nitrogens is 3. The van der Waals surface area contributed by atoms with Gasteiger partial charge in [-0.3, -0.25) is 4.79 Å². The van der Waals surface area contributed by atoms with Gasteiger partial charge in [0.15, 0.2) is 21.8 Å². The number of fused-ring (bicyclic) bond motifs is 2. The molecule has 2 heterocycles. The van der Waals surface area contributed by atoms with E-state index in [1.807, 2.05) is 0 Å². The molecular weight excluding hydrogens is 521 g/mol. The van der Waals surface area contributed by atoms with Crippen LogP contribution in [0.25, 0.3) is 22.1 Å². The summed E-state index contributed by atoms with van der Waals surface area (Å²) in [6.45, 7) is 1.51. The van der Waals surface area contributed by atoms with Crippen molar-refractivity contribution >= 4 is 37.9 Å². The van der Waals surface area contributed by atoms with Gasteiger partial charge in [0, 0.05) is 17.7 Å². The normalized spacial score (nSPS) is 12.3. The fourth-order valence-corrected chi connectivity index (χ4v) is 5.04. The number of imidazole rings is 1. The molecule has 196 valence electrons. The SMILES string of the molecule is CCS(=O)(=O)c1ccc(CNC(=O)c2ccc3c(c2)nc(C(F)(F)F)n3Cc2cccc3ocnc23)cc1. The van der Waals surface area contributed by atoms with E-state index in [0.717, 1.165) is 4.57 Å². The van der Waals surface area contributed by atoms with Crippen molar-refractivity contribution in [2.45, 2.75) is 31.1 Å². The summed E-state index contributed by atoms with van der Waals surface area (Å²) in [6.07, 6.45) is -3.49. The first-order valence-electron chi connectivity index (χ1n) is 11.6. The van der Waals surface area contributed by atoms with E-state index in [9.17, 15) is 26.4 Å². The van der Waals surface area contributed by atoms with Gasteiger partial charge in [0.25, 0.3) is 5.91 Å². The molecule has 1 amide bonds. The van der Waals surface area contributed by atoms with Gasteiger partial charge in [0.2, 0.25) is 5.82 Å². The third-order valence-electron chi connectivity index (χ3n) is 6.15. The predicted molar refractivity (Wildman–Crippen MR) is 133 cm³/mol. The Labute approximate surface area is 215 Å². The third-order valence-corrected chi connectivity index (χ3v) is 7.90. The van der Waals surface area contributed by atoms with Gasteiger partial charge < -0.3 is 14.3 Å². The Kier molecular flexibility index (Phi) is 6.43. The number of amides is 1. The fourth-order valence-electron chi connectivity index (χ4n) is 4.16. The predicted octanol–water partition coefficient (Wildman–Crippen LogP) is 4.97. The zero-order valence-electron chi connectivity index (χ0n) is 20.0. The van der Waals surface area contributed by atoms with Crippen LogP contribution in [0.4, 0.5) is 13.2 Å². The van der Waals surface area contributed by atoms with E-state index in [2.05, 4.69) is 15.3 Å². The minimum atomic E-state index is -4.73. The summed E-state index contributed by atoms with van der Waals surface area (Å²) < 4.78 is 71.9. The van der Waals surface area contributed by atoms with Crippen molar-refractivity contribution in [2.75, 3.05) is 5.75 Å². The molecule has 0 aliphatic rings. The van der Waals surface area contributed by atoms with Crippen LogP contribution in [-0.4, -0.2) is 34.6 Å². The number of para-hydroxylation sites is 1.